The van der Waals surface area contributed by atoms with Crippen molar-refractivity contribution in [2.24, 2.45) is 0 Å². The molecule has 3 aromatic rings. The van der Waals surface area contributed by atoms with Crippen LogP contribution in [-0.2, 0) is 0 Å². The molecule has 3 rings (SSSR count). The van der Waals surface area contributed by atoms with Crippen LogP contribution in [0.5, 0.6) is 0 Å². The summed E-state index contributed by atoms with van der Waals surface area (Å²) in [7, 11) is 0. The summed E-state index contributed by atoms with van der Waals surface area (Å²) in [5.74, 6) is 0. The molecule has 0 fully saturated rings. The van der Waals surface area contributed by atoms with Crippen molar-refractivity contribution in [2.45, 2.75) is 13.8 Å². The quantitative estimate of drug-likeness (QED) is 0.715. The van der Waals surface area contributed by atoms with Gasteiger partial charge in [0.25, 0.3) is 5.56 Å². The highest BCUT2D eigenvalue weighted by Crippen LogP contribution is 2.20. The third kappa shape index (κ3) is 2.95. The number of benzene rings is 1. The minimum absolute atomic E-state index is 0.140. The Morgan fingerprint density at radius 1 is 1.09 bits per heavy atom. The predicted molar refractivity (Wildman–Crippen MR) is 91.1 cm³/mol. The lowest BCUT2D eigenvalue weighted by molar-refractivity contribution is 1.02. The fourth-order valence-electron chi connectivity index (χ4n) is 2.21. The summed E-state index contributed by atoms with van der Waals surface area (Å²) >= 11 is 6.33. The maximum Gasteiger partial charge on any atom is 0.258 e. The molecule has 0 bridgehead atoms. The third-order valence-corrected chi connectivity index (χ3v) is 3.73. The first-order chi connectivity index (χ1) is 10.5. The zero-order valence-corrected chi connectivity index (χ0v) is 13.1. The van der Waals surface area contributed by atoms with Gasteiger partial charge in [-0.1, -0.05) is 47.5 Å². The number of hydrogen-bond acceptors (Lipinski definition) is 2. The Hall–Kier alpha value is -2.39. The van der Waals surface area contributed by atoms with Gasteiger partial charge in [-0.3, -0.25) is 9.20 Å². The number of halogens is 1. The minimum Gasteiger partial charge on any atom is -0.269 e. The summed E-state index contributed by atoms with van der Waals surface area (Å²) < 4.78 is 1.52. The molecule has 0 saturated heterocycles. The second-order valence-electron chi connectivity index (χ2n) is 5.32. The second kappa shape index (κ2) is 5.78. The van der Waals surface area contributed by atoms with Crippen molar-refractivity contribution in [3.05, 3.63) is 81.4 Å². The number of rotatable bonds is 2. The van der Waals surface area contributed by atoms with Crippen LogP contribution in [0, 0.1) is 13.8 Å². The number of nitrogens with zero attached hydrogens (tertiary/aromatic N) is 2. The molecular formula is C18H15ClN2O. The average Bonchev–Trinajstić information content (AvgIpc) is 2.50. The first-order valence-corrected chi connectivity index (χ1v) is 7.35. The summed E-state index contributed by atoms with van der Waals surface area (Å²) in [6.07, 6.45) is 3.58. The highest BCUT2D eigenvalue weighted by molar-refractivity contribution is 6.51. The smallest absolute Gasteiger partial charge is 0.258 e. The van der Waals surface area contributed by atoms with E-state index >= 15 is 0 Å². The molecule has 0 N–H and O–H groups in total. The molecule has 2 heterocycles. The molecule has 0 amide bonds. The Morgan fingerprint density at radius 2 is 1.77 bits per heavy atom. The molecule has 2 aromatic heterocycles. The first kappa shape index (κ1) is 14.5. The van der Waals surface area contributed by atoms with Gasteiger partial charge in [-0.25, -0.2) is 4.98 Å². The van der Waals surface area contributed by atoms with E-state index in [2.05, 4.69) is 4.98 Å². The Kier molecular flexibility index (Phi) is 3.82. The number of aromatic nitrogens is 2. The summed E-state index contributed by atoms with van der Waals surface area (Å²) in [6.45, 7) is 3.97. The van der Waals surface area contributed by atoms with Crippen molar-refractivity contribution >= 4 is 28.4 Å². The molecule has 110 valence electrons. The molecule has 0 unspecified atom stereocenters. The van der Waals surface area contributed by atoms with Crippen LogP contribution in [0.15, 0.2) is 53.5 Å². The Balaban J connectivity index is 2.07. The highest BCUT2D eigenvalue weighted by Gasteiger charge is 2.06. The molecule has 0 spiro atoms. The van der Waals surface area contributed by atoms with Gasteiger partial charge in [-0.05, 0) is 37.1 Å². The van der Waals surface area contributed by atoms with Crippen LogP contribution in [-0.4, -0.2) is 9.38 Å². The lowest BCUT2D eigenvalue weighted by Gasteiger charge is -2.04. The molecule has 0 aliphatic rings. The fraction of sp³-hybridized carbons (Fsp3) is 0.111. The molecular weight excluding hydrogens is 296 g/mol. The van der Waals surface area contributed by atoms with Gasteiger partial charge in [0.1, 0.15) is 5.65 Å². The van der Waals surface area contributed by atoms with Gasteiger partial charge in [-0.15, -0.1) is 0 Å². The number of fused-ring (bicyclic) bond motifs is 1. The lowest BCUT2D eigenvalue weighted by atomic mass is 10.1. The predicted octanol–water partition coefficient (Wildman–Crippen LogP) is 4.05. The molecule has 0 aliphatic carbocycles. The van der Waals surface area contributed by atoms with E-state index in [1.165, 1.54) is 16.0 Å². The Labute approximate surface area is 133 Å². The molecule has 1 aromatic carbocycles. The molecule has 0 radical (unpaired) electrons. The zero-order valence-electron chi connectivity index (χ0n) is 12.4. The molecule has 0 atom stereocenters. The standard InChI is InChI=1S/C18H15ClN2O/c1-12-3-6-14(7-4-12)9-15(19)16-10-18(22)21-11-13(2)5-8-17(21)20-16/h3-11H,1-2H3/b15-9-. The van der Waals surface area contributed by atoms with Crippen molar-refractivity contribution < 1.29 is 0 Å². The van der Waals surface area contributed by atoms with Crippen LogP contribution in [0.1, 0.15) is 22.4 Å². The van der Waals surface area contributed by atoms with Crippen LogP contribution in [0.25, 0.3) is 16.8 Å². The minimum atomic E-state index is -0.140. The number of pyridine rings is 1. The normalized spacial score (nSPS) is 11.9. The van der Waals surface area contributed by atoms with Gasteiger partial charge >= 0.3 is 0 Å². The van der Waals surface area contributed by atoms with E-state index in [4.69, 9.17) is 11.6 Å². The fourth-order valence-corrected chi connectivity index (χ4v) is 2.44. The molecule has 22 heavy (non-hydrogen) atoms. The lowest BCUT2D eigenvalue weighted by Crippen LogP contribution is -2.15. The summed E-state index contributed by atoms with van der Waals surface area (Å²) in [5, 5.41) is 0.448. The molecule has 0 aliphatic heterocycles. The SMILES string of the molecule is Cc1ccc(/C=C(\Cl)c2cc(=O)n3cc(C)ccc3n2)cc1. The summed E-state index contributed by atoms with van der Waals surface area (Å²) in [4.78, 5) is 16.6. The zero-order chi connectivity index (χ0) is 15.7. The van der Waals surface area contributed by atoms with Crippen LogP contribution in [0.2, 0.25) is 0 Å². The van der Waals surface area contributed by atoms with E-state index in [0.29, 0.717) is 16.4 Å². The average molecular weight is 311 g/mol. The summed E-state index contributed by atoms with van der Waals surface area (Å²) in [6, 6.07) is 13.2. The van der Waals surface area contributed by atoms with Gasteiger partial charge < -0.3 is 0 Å². The van der Waals surface area contributed by atoms with Gasteiger partial charge in [-0.2, -0.15) is 0 Å². The van der Waals surface area contributed by atoms with E-state index in [1.807, 2.05) is 56.3 Å². The van der Waals surface area contributed by atoms with E-state index in [0.717, 1.165) is 11.1 Å². The molecule has 4 heteroatoms. The van der Waals surface area contributed by atoms with Crippen LogP contribution in [0.4, 0.5) is 0 Å². The van der Waals surface area contributed by atoms with Gasteiger partial charge in [0.2, 0.25) is 0 Å². The third-order valence-electron chi connectivity index (χ3n) is 3.42. The van der Waals surface area contributed by atoms with Crippen molar-refractivity contribution in [1.82, 2.24) is 9.38 Å². The van der Waals surface area contributed by atoms with Gasteiger partial charge in [0.15, 0.2) is 0 Å². The van der Waals surface area contributed by atoms with Gasteiger partial charge in [0.05, 0.1) is 10.7 Å². The monoisotopic (exact) mass is 310 g/mol. The maximum absolute atomic E-state index is 12.2. The van der Waals surface area contributed by atoms with Crippen molar-refractivity contribution in [1.29, 1.82) is 0 Å². The van der Waals surface area contributed by atoms with E-state index < -0.39 is 0 Å². The largest absolute Gasteiger partial charge is 0.269 e. The number of aryl methyl sites for hydroxylation is 2. The van der Waals surface area contributed by atoms with E-state index in [9.17, 15) is 4.79 Å². The first-order valence-electron chi connectivity index (χ1n) is 6.97. The summed E-state index contributed by atoms with van der Waals surface area (Å²) in [5.41, 5.74) is 4.09. The van der Waals surface area contributed by atoms with Crippen molar-refractivity contribution in [3.8, 4) is 0 Å². The number of hydrogen-bond donors (Lipinski definition) is 0. The Morgan fingerprint density at radius 3 is 2.50 bits per heavy atom. The van der Waals surface area contributed by atoms with Gasteiger partial charge in [0, 0.05) is 12.3 Å². The Bertz CT molecular complexity index is 924. The van der Waals surface area contributed by atoms with Crippen LogP contribution < -0.4 is 5.56 Å². The van der Waals surface area contributed by atoms with Crippen molar-refractivity contribution in [2.75, 3.05) is 0 Å². The molecule has 3 nitrogen and oxygen atoms in total. The van der Waals surface area contributed by atoms with E-state index in [-0.39, 0.29) is 5.56 Å². The molecule has 0 saturated carbocycles. The van der Waals surface area contributed by atoms with Crippen LogP contribution >= 0.6 is 11.6 Å². The topological polar surface area (TPSA) is 34.4 Å². The highest BCUT2D eigenvalue weighted by atomic mass is 35.5. The van der Waals surface area contributed by atoms with Crippen LogP contribution in [0.3, 0.4) is 0 Å². The maximum atomic E-state index is 12.2. The van der Waals surface area contributed by atoms with E-state index in [1.54, 1.807) is 6.20 Å². The second-order valence-corrected chi connectivity index (χ2v) is 5.72. The van der Waals surface area contributed by atoms with Crippen molar-refractivity contribution in [3.63, 3.8) is 0 Å².